The fourth-order valence-corrected chi connectivity index (χ4v) is 3.21. The summed E-state index contributed by atoms with van der Waals surface area (Å²) in [6, 6.07) is 0.941. The molecule has 2 fully saturated rings. The van der Waals surface area contributed by atoms with Gasteiger partial charge in [0.25, 0.3) is 11.8 Å². The minimum atomic E-state index is -2.76. The molecule has 1 saturated heterocycles. The predicted octanol–water partition coefficient (Wildman–Crippen LogP) is 2.54. The van der Waals surface area contributed by atoms with Crippen molar-refractivity contribution in [3.8, 4) is 11.8 Å². The van der Waals surface area contributed by atoms with Crippen LogP contribution in [0.25, 0.3) is 0 Å². The SMILES string of the molecule is COc1nc(OC2CC(F)(F)C2)c(F)cc1CN(C)C(=O)C1CCCN1.Cl. The number of rotatable bonds is 6. The lowest BCUT2D eigenvalue weighted by atomic mass is 9.91. The first-order chi connectivity index (χ1) is 12.3. The lowest BCUT2D eigenvalue weighted by molar-refractivity contribution is -0.136. The Kier molecular flexibility index (Phi) is 6.80. The minimum Gasteiger partial charge on any atom is -0.481 e. The molecule has 0 bridgehead atoms. The van der Waals surface area contributed by atoms with Crippen LogP contribution in [0, 0.1) is 5.82 Å². The normalized spacial score (nSPS) is 21.1. The number of nitrogens with one attached hydrogen (secondary N) is 1. The van der Waals surface area contributed by atoms with Gasteiger partial charge in [-0.15, -0.1) is 12.4 Å². The summed E-state index contributed by atoms with van der Waals surface area (Å²) < 4.78 is 50.4. The smallest absolute Gasteiger partial charge is 0.255 e. The van der Waals surface area contributed by atoms with Crippen LogP contribution in [-0.4, -0.2) is 54.6 Å². The Labute approximate surface area is 161 Å². The number of amides is 1. The molecule has 1 aliphatic carbocycles. The second kappa shape index (κ2) is 8.52. The molecule has 10 heteroatoms. The van der Waals surface area contributed by atoms with Crippen molar-refractivity contribution in [1.82, 2.24) is 15.2 Å². The zero-order valence-electron chi connectivity index (χ0n) is 15.1. The Morgan fingerprint density at radius 2 is 2.11 bits per heavy atom. The maximum absolute atomic E-state index is 14.3. The highest BCUT2D eigenvalue weighted by Gasteiger charge is 2.47. The number of nitrogens with zero attached hydrogens (tertiary/aromatic N) is 2. The van der Waals surface area contributed by atoms with Crippen LogP contribution in [0.3, 0.4) is 0 Å². The lowest BCUT2D eigenvalue weighted by Gasteiger charge is -2.34. The summed E-state index contributed by atoms with van der Waals surface area (Å²) in [7, 11) is 2.99. The molecule has 1 aliphatic heterocycles. The van der Waals surface area contributed by atoms with Gasteiger partial charge in [0.05, 0.1) is 19.7 Å². The largest absolute Gasteiger partial charge is 0.481 e. The van der Waals surface area contributed by atoms with Gasteiger partial charge in [0, 0.05) is 25.5 Å². The average molecular weight is 410 g/mol. The van der Waals surface area contributed by atoms with Gasteiger partial charge in [-0.25, -0.2) is 13.2 Å². The molecule has 6 nitrogen and oxygen atoms in total. The van der Waals surface area contributed by atoms with Gasteiger partial charge in [0.15, 0.2) is 5.82 Å². The number of carbonyl (C=O) groups is 1. The van der Waals surface area contributed by atoms with Crippen molar-refractivity contribution in [3.63, 3.8) is 0 Å². The topological polar surface area (TPSA) is 63.7 Å². The second-order valence-corrected chi connectivity index (χ2v) is 6.79. The third-order valence-corrected chi connectivity index (χ3v) is 4.65. The van der Waals surface area contributed by atoms with Crippen LogP contribution in [0.5, 0.6) is 11.8 Å². The van der Waals surface area contributed by atoms with E-state index in [9.17, 15) is 18.0 Å². The Bertz CT molecular complexity index is 679. The molecule has 0 aromatic carbocycles. The first-order valence-electron chi connectivity index (χ1n) is 8.55. The van der Waals surface area contributed by atoms with Crippen LogP contribution in [-0.2, 0) is 11.3 Å². The molecule has 2 heterocycles. The van der Waals surface area contributed by atoms with Crippen molar-refractivity contribution < 1.29 is 27.4 Å². The number of pyridine rings is 1. The van der Waals surface area contributed by atoms with E-state index in [0.717, 1.165) is 19.4 Å². The molecule has 1 aromatic rings. The molecule has 2 aliphatic rings. The molecule has 1 atom stereocenters. The fraction of sp³-hybridized carbons (Fsp3) is 0.647. The van der Waals surface area contributed by atoms with Gasteiger partial charge in [0.2, 0.25) is 11.8 Å². The summed E-state index contributed by atoms with van der Waals surface area (Å²) in [6.45, 7) is 0.919. The Morgan fingerprint density at radius 3 is 2.67 bits per heavy atom. The van der Waals surface area contributed by atoms with E-state index in [-0.39, 0.29) is 42.7 Å². The second-order valence-electron chi connectivity index (χ2n) is 6.79. The third-order valence-electron chi connectivity index (χ3n) is 4.65. The fourth-order valence-electron chi connectivity index (χ4n) is 3.21. The Morgan fingerprint density at radius 1 is 1.41 bits per heavy atom. The molecule has 1 unspecified atom stereocenters. The molecule has 0 spiro atoms. The summed E-state index contributed by atoms with van der Waals surface area (Å²) in [4.78, 5) is 17.8. The molecule has 1 amide bonds. The van der Waals surface area contributed by atoms with Crippen LogP contribution in [0.4, 0.5) is 13.2 Å². The maximum atomic E-state index is 14.3. The van der Waals surface area contributed by atoms with Gasteiger partial charge in [-0.1, -0.05) is 0 Å². The number of aromatic nitrogens is 1. The van der Waals surface area contributed by atoms with Crippen LogP contribution >= 0.6 is 12.4 Å². The van der Waals surface area contributed by atoms with E-state index in [1.165, 1.54) is 18.1 Å². The van der Waals surface area contributed by atoms with Gasteiger partial charge < -0.3 is 19.7 Å². The molecular weight excluding hydrogens is 387 g/mol. The Hall–Kier alpha value is -1.74. The van der Waals surface area contributed by atoms with E-state index in [1.54, 1.807) is 7.05 Å². The monoisotopic (exact) mass is 409 g/mol. The average Bonchev–Trinajstić information content (AvgIpc) is 3.09. The number of likely N-dealkylation sites (N-methyl/N-ethyl adjacent to an activating group) is 1. The quantitative estimate of drug-likeness (QED) is 0.782. The Balaban J connectivity index is 0.00000261. The maximum Gasteiger partial charge on any atom is 0.255 e. The minimum absolute atomic E-state index is 0. The number of alkyl halides is 2. The first-order valence-corrected chi connectivity index (χ1v) is 8.55. The van der Waals surface area contributed by atoms with E-state index < -0.39 is 30.7 Å². The van der Waals surface area contributed by atoms with Gasteiger partial charge in [0.1, 0.15) is 6.10 Å². The molecule has 0 radical (unpaired) electrons. The number of hydrogen-bond acceptors (Lipinski definition) is 5. The standard InChI is InChI=1S/C17H22F3N3O3.ClH/c1-23(16(24)13-4-3-5-21-13)9-10-6-12(18)15(22-14(10)25-2)26-11-7-17(19,20)8-11;/h6,11,13,21H,3-5,7-9H2,1-2H3;1H. The number of hydrogen-bond donors (Lipinski definition) is 1. The van der Waals surface area contributed by atoms with Gasteiger partial charge in [-0.2, -0.15) is 4.98 Å². The molecule has 1 aromatic heterocycles. The highest BCUT2D eigenvalue weighted by molar-refractivity contribution is 5.85. The van der Waals surface area contributed by atoms with E-state index in [1.807, 2.05) is 0 Å². The van der Waals surface area contributed by atoms with Crippen molar-refractivity contribution in [2.45, 2.75) is 50.3 Å². The zero-order chi connectivity index (χ0) is 18.9. The van der Waals surface area contributed by atoms with Crippen molar-refractivity contribution in [2.24, 2.45) is 0 Å². The van der Waals surface area contributed by atoms with Gasteiger partial charge in [-0.05, 0) is 25.5 Å². The highest BCUT2D eigenvalue weighted by Crippen LogP contribution is 2.40. The number of ether oxygens (including phenoxy) is 2. The molecule has 27 heavy (non-hydrogen) atoms. The van der Waals surface area contributed by atoms with E-state index in [0.29, 0.717) is 5.56 Å². The number of halogens is 4. The summed E-state index contributed by atoms with van der Waals surface area (Å²) in [6.07, 6.45) is 0.0373. The molecular formula is C17H23ClF3N3O3. The van der Waals surface area contributed by atoms with Crippen molar-refractivity contribution in [2.75, 3.05) is 20.7 Å². The molecule has 1 N–H and O–H groups in total. The highest BCUT2D eigenvalue weighted by atomic mass is 35.5. The predicted molar refractivity (Wildman–Crippen MR) is 94.1 cm³/mol. The molecule has 152 valence electrons. The van der Waals surface area contributed by atoms with Crippen LogP contribution in [0.1, 0.15) is 31.2 Å². The lowest BCUT2D eigenvalue weighted by Crippen LogP contribution is -2.43. The van der Waals surface area contributed by atoms with Gasteiger partial charge >= 0.3 is 0 Å². The van der Waals surface area contributed by atoms with E-state index in [4.69, 9.17) is 9.47 Å². The van der Waals surface area contributed by atoms with Crippen LogP contribution < -0.4 is 14.8 Å². The van der Waals surface area contributed by atoms with Crippen LogP contribution in [0.15, 0.2) is 6.07 Å². The summed E-state index contributed by atoms with van der Waals surface area (Å²) >= 11 is 0. The summed E-state index contributed by atoms with van der Waals surface area (Å²) in [5.41, 5.74) is 0.380. The van der Waals surface area contributed by atoms with Crippen molar-refractivity contribution in [3.05, 3.63) is 17.4 Å². The van der Waals surface area contributed by atoms with Crippen molar-refractivity contribution in [1.29, 1.82) is 0 Å². The van der Waals surface area contributed by atoms with Crippen LogP contribution in [0.2, 0.25) is 0 Å². The number of methoxy groups -OCH3 is 1. The summed E-state index contributed by atoms with van der Waals surface area (Å²) in [5.74, 6) is -3.87. The van der Waals surface area contributed by atoms with Gasteiger partial charge in [-0.3, -0.25) is 4.79 Å². The zero-order valence-corrected chi connectivity index (χ0v) is 16.0. The van der Waals surface area contributed by atoms with Crippen molar-refractivity contribution >= 4 is 18.3 Å². The first kappa shape index (κ1) is 21.6. The number of carbonyl (C=O) groups excluding carboxylic acids is 1. The summed E-state index contributed by atoms with van der Waals surface area (Å²) in [5, 5.41) is 3.12. The van der Waals surface area contributed by atoms with E-state index in [2.05, 4.69) is 10.3 Å². The third kappa shape index (κ3) is 4.95. The molecule has 3 rings (SSSR count). The molecule has 1 saturated carbocycles. The van der Waals surface area contributed by atoms with E-state index >= 15 is 0 Å².